The fraction of sp³-hybridized carbons (Fsp3) is 0. The van der Waals surface area contributed by atoms with Crippen LogP contribution in [0.4, 0.5) is 13.9 Å². The average Bonchev–Trinajstić information content (AvgIpc) is 2.96. The van der Waals surface area contributed by atoms with Gasteiger partial charge in [0.15, 0.2) is 5.13 Å². The largest absolute Gasteiger partial charge is 0.298 e. The van der Waals surface area contributed by atoms with Gasteiger partial charge in [-0.05, 0) is 24.3 Å². The van der Waals surface area contributed by atoms with E-state index in [0.29, 0.717) is 16.4 Å². The molecule has 3 aromatic rings. The topological polar surface area (TPSA) is 54.9 Å². The number of nitrogens with zero attached hydrogens (tertiary/aromatic N) is 2. The molecule has 4 nitrogen and oxygen atoms in total. The molecule has 7 heteroatoms. The number of carbonyl (C=O) groups is 1. The van der Waals surface area contributed by atoms with E-state index in [1.54, 1.807) is 17.5 Å². The van der Waals surface area contributed by atoms with E-state index >= 15 is 0 Å². The van der Waals surface area contributed by atoms with Gasteiger partial charge in [-0.25, -0.2) is 13.8 Å². The molecule has 0 fully saturated rings. The Morgan fingerprint density at radius 1 is 1.14 bits per heavy atom. The molecule has 0 saturated heterocycles. The summed E-state index contributed by atoms with van der Waals surface area (Å²) in [5.74, 6) is -1.68. The molecule has 2 heterocycles. The van der Waals surface area contributed by atoms with Crippen molar-refractivity contribution in [1.29, 1.82) is 0 Å². The van der Waals surface area contributed by atoms with Crippen molar-refractivity contribution in [3.05, 3.63) is 65.3 Å². The van der Waals surface area contributed by atoms with E-state index in [4.69, 9.17) is 0 Å². The number of pyridine rings is 1. The maximum absolute atomic E-state index is 13.7. The van der Waals surface area contributed by atoms with Gasteiger partial charge >= 0.3 is 0 Å². The van der Waals surface area contributed by atoms with E-state index in [9.17, 15) is 13.6 Å². The second-order valence-electron chi connectivity index (χ2n) is 4.35. The summed E-state index contributed by atoms with van der Waals surface area (Å²) in [7, 11) is 0. The SMILES string of the molecule is O=C(Nc1nc(-c2ccc(F)cc2F)cs1)c1ccncc1. The highest BCUT2D eigenvalue weighted by atomic mass is 32.1. The molecule has 0 aliphatic carbocycles. The number of benzene rings is 1. The Morgan fingerprint density at radius 2 is 1.91 bits per heavy atom. The molecule has 0 unspecified atom stereocenters. The van der Waals surface area contributed by atoms with Crippen LogP contribution in [0.1, 0.15) is 10.4 Å². The van der Waals surface area contributed by atoms with Gasteiger partial charge < -0.3 is 0 Å². The zero-order valence-corrected chi connectivity index (χ0v) is 11.9. The molecular formula is C15H9F2N3OS. The van der Waals surface area contributed by atoms with Crippen LogP contribution in [-0.2, 0) is 0 Å². The summed E-state index contributed by atoms with van der Waals surface area (Å²) in [6.07, 6.45) is 3.02. The van der Waals surface area contributed by atoms with Crippen molar-refractivity contribution in [2.45, 2.75) is 0 Å². The van der Waals surface area contributed by atoms with Gasteiger partial charge in [0.25, 0.3) is 5.91 Å². The number of amides is 1. The van der Waals surface area contributed by atoms with Gasteiger partial charge in [0.05, 0.1) is 5.69 Å². The first kappa shape index (κ1) is 14.3. The van der Waals surface area contributed by atoms with Gasteiger partial charge in [0.1, 0.15) is 11.6 Å². The van der Waals surface area contributed by atoms with Crippen LogP contribution in [-0.4, -0.2) is 15.9 Å². The second-order valence-corrected chi connectivity index (χ2v) is 5.21. The van der Waals surface area contributed by atoms with Crippen molar-refractivity contribution in [2.24, 2.45) is 0 Å². The number of rotatable bonds is 3. The third-order valence-electron chi connectivity index (χ3n) is 2.87. The standard InChI is InChI=1S/C15H9F2N3OS/c16-10-1-2-11(12(17)7-10)13-8-22-15(19-13)20-14(21)9-3-5-18-6-4-9/h1-8H,(H,19,20,21). The molecule has 1 N–H and O–H groups in total. The first-order valence-corrected chi connectivity index (χ1v) is 7.14. The number of carbonyl (C=O) groups excluding carboxylic acids is 1. The molecule has 2 aromatic heterocycles. The lowest BCUT2D eigenvalue weighted by Gasteiger charge is -2.01. The van der Waals surface area contributed by atoms with Crippen molar-refractivity contribution in [3.63, 3.8) is 0 Å². The molecule has 0 atom stereocenters. The number of halogens is 2. The molecule has 0 aliphatic rings. The highest BCUT2D eigenvalue weighted by molar-refractivity contribution is 7.14. The predicted molar refractivity (Wildman–Crippen MR) is 79.7 cm³/mol. The van der Waals surface area contributed by atoms with Crippen LogP contribution in [0.15, 0.2) is 48.1 Å². The number of anilines is 1. The molecule has 0 bridgehead atoms. The lowest BCUT2D eigenvalue weighted by atomic mass is 10.1. The van der Waals surface area contributed by atoms with Crippen LogP contribution in [0.25, 0.3) is 11.3 Å². The van der Waals surface area contributed by atoms with E-state index in [1.807, 2.05) is 0 Å². The molecule has 0 aliphatic heterocycles. The Bertz CT molecular complexity index is 821. The molecule has 0 spiro atoms. The zero-order chi connectivity index (χ0) is 15.5. The Balaban J connectivity index is 1.81. The molecule has 0 saturated carbocycles. The number of hydrogen-bond donors (Lipinski definition) is 1. The highest BCUT2D eigenvalue weighted by Crippen LogP contribution is 2.27. The Kier molecular flexibility index (Phi) is 3.88. The molecule has 1 amide bonds. The maximum Gasteiger partial charge on any atom is 0.257 e. The highest BCUT2D eigenvalue weighted by Gasteiger charge is 2.12. The van der Waals surface area contributed by atoms with Crippen molar-refractivity contribution < 1.29 is 13.6 Å². The predicted octanol–water partition coefficient (Wildman–Crippen LogP) is 3.74. The molecule has 22 heavy (non-hydrogen) atoms. The fourth-order valence-electron chi connectivity index (χ4n) is 1.82. The quantitative estimate of drug-likeness (QED) is 0.800. The van der Waals surface area contributed by atoms with Crippen LogP contribution in [0, 0.1) is 11.6 Å². The number of nitrogens with one attached hydrogen (secondary N) is 1. The Morgan fingerprint density at radius 3 is 2.64 bits per heavy atom. The minimum atomic E-state index is -0.697. The van der Waals surface area contributed by atoms with Crippen molar-refractivity contribution in [2.75, 3.05) is 5.32 Å². The Labute approximate surface area is 128 Å². The molecule has 3 rings (SSSR count). The van der Waals surface area contributed by atoms with Crippen molar-refractivity contribution >= 4 is 22.4 Å². The van der Waals surface area contributed by atoms with E-state index in [1.165, 1.54) is 18.5 Å². The van der Waals surface area contributed by atoms with Crippen molar-refractivity contribution in [1.82, 2.24) is 9.97 Å². The monoisotopic (exact) mass is 317 g/mol. The number of thiazole rings is 1. The fourth-order valence-corrected chi connectivity index (χ4v) is 2.53. The first-order chi connectivity index (χ1) is 10.6. The lowest BCUT2D eigenvalue weighted by Crippen LogP contribution is -2.11. The number of hydrogen-bond acceptors (Lipinski definition) is 4. The van der Waals surface area contributed by atoms with E-state index in [-0.39, 0.29) is 11.5 Å². The normalized spacial score (nSPS) is 10.5. The van der Waals surface area contributed by atoms with Gasteiger partial charge in [-0.15, -0.1) is 11.3 Å². The average molecular weight is 317 g/mol. The molecule has 110 valence electrons. The van der Waals surface area contributed by atoms with Crippen LogP contribution in [0.3, 0.4) is 0 Å². The zero-order valence-electron chi connectivity index (χ0n) is 11.1. The van der Waals surface area contributed by atoms with Crippen LogP contribution in [0.2, 0.25) is 0 Å². The van der Waals surface area contributed by atoms with Gasteiger partial charge in [0, 0.05) is 35.0 Å². The van der Waals surface area contributed by atoms with Gasteiger partial charge in [-0.2, -0.15) is 0 Å². The van der Waals surface area contributed by atoms with Crippen LogP contribution >= 0.6 is 11.3 Å². The third-order valence-corrected chi connectivity index (χ3v) is 3.63. The summed E-state index contributed by atoms with van der Waals surface area (Å²) < 4.78 is 26.6. The van der Waals surface area contributed by atoms with E-state index in [2.05, 4.69) is 15.3 Å². The summed E-state index contributed by atoms with van der Waals surface area (Å²) in [5.41, 5.74) is 0.967. The summed E-state index contributed by atoms with van der Waals surface area (Å²) in [6.45, 7) is 0. The summed E-state index contributed by atoms with van der Waals surface area (Å²) >= 11 is 1.16. The van der Waals surface area contributed by atoms with Crippen molar-refractivity contribution in [3.8, 4) is 11.3 Å². The van der Waals surface area contributed by atoms with Gasteiger partial charge in [0.2, 0.25) is 0 Å². The minimum Gasteiger partial charge on any atom is -0.298 e. The molecule has 1 aromatic carbocycles. The van der Waals surface area contributed by atoms with E-state index < -0.39 is 11.6 Å². The second kappa shape index (κ2) is 5.98. The smallest absolute Gasteiger partial charge is 0.257 e. The van der Waals surface area contributed by atoms with Crippen LogP contribution in [0.5, 0.6) is 0 Å². The Hall–Kier alpha value is -2.67. The maximum atomic E-state index is 13.7. The summed E-state index contributed by atoms with van der Waals surface area (Å²) in [6, 6.07) is 6.41. The summed E-state index contributed by atoms with van der Waals surface area (Å²) in [4.78, 5) is 20.0. The van der Waals surface area contributed by atoms with Gasteiger partial charge in [-0.1, -0.05) is 0 Å². The molecule has 0 radical (unpaired) electrons. The lowest BCUT2D eigenvalue weighted by molar-refractivity contribution is 0.102. The van der Waals surface area contributed by atoms with Gasteiger partial charge in [-0.3, -0.25) is 15.1 Å². The third kappa shape index (κ3) is 2.99. The summed E-state index contributed by atoms with van der Waals surface area (Å²) in [5, 5.41) is 4.55. The number of aromatic nitrogens is 2. The van der Waals surface area contributed by atoms with E-state index in [0.717, 1.165) is 23.5 Å². The minimum absolute atomic E-state index is 0.182. The molecular weight excluding hydrogens is 308 g/mol. The van der Waals surface area contributed by atoms with Crippen LogP contribution < -0.4 is 5.32 Å². The first-order valence-electron chi connectivity index (χ1n) is 6.26.